The molecule has 2 rings (SSSR count). The van der Waals surface area contributed by atoms with Crippen LogP contribution in [0.15, 0.2) is 30.3 Å². The number of nitrogens with two attached hydrogens (primary N) is 1. The van der Waals surface area contributed by atoms with E-state index in [2.05, 4.69) is 41.2 Å². The fraction of sp³-hybridized carbons (Fsp3) is 0.438. The van der Waals surface area contributed by atoms with Crippen molar-refractivity contribution in [3.8, 4) is 0 Å². The molecule has 21 heavy (non-hydrogen) atoms. The van der Waals surface area contributed by atoms with Gasteiger partial charge in [-0.05, 0) is 12.0 Å². The molecule has 0 fully saturated rings. The van der Waals surface area contributed by atoms with Crippen molar-refractivity contribution >= 4 is 11.6 Å². The summed E-state index contributed by atoms with van der Waals surface area (Å²) in [6.45, 7) is 5.15. The van der Waals surface area contributed by atoms with Gasteiger partial charge in [0.15, 0.2) is 0 Å². The summed E-state index contributed by atoms with van der Waals surface area (Å²) in [6, 6.07) is 10.4. The minimum atomic E-state index is 0.628. The van der Waals surface area contributed by atoms with Crippen molar-refractivity contribution in [2.24, 2.45) is 12.8 Å². The second-order valence-corrected chi connectivity index (χ2v) is 5.55. The Morgan fingerprint density at radius 2 is 1.95 bits per heavy atom. The van der Waals surface area contributed by atoms with E-state index in [-0.39, 0.29) is 0 Å². The number of rotatable bonds is 7. The Bertz CT molecular complexity index is 565. The first-order valence-corrected chi connectivity index (χ1v) is 7.70. The molecule has 5 heteroatoms. The number of aromatic nitrogens is 2. The van der Waals surface area contributed by atoms with Crippen molar-refractivity contribution in [3.63, 3.8) is 0 Å². The fourth-order valence-electron chi connectivity index (χ4n) is 2.44. The van der Waals surface area contributed by atoms with Gasteiger partial charge < -0.3 is 5.73 Å². The lowest BCUT2D eigenvalue weighted by Gasteiger charge is -2.22. The minimum absolute atomic E-state index is 0.628. The van der Waals surface area contributed by atoms with Gasteiger partial charge in [-0.3, -0.25) is 9.58 Å². The standard InChI is InChI=1S/C16H23ClN4/c1-3-14-16(17)15(20(2)19-14)12-21(10-9-18)11-13-7-5-4-6-8-13/h4-8H,3,9-12,18H2,1-2H3. The summed E-state index contributed by atoms with van der Waals surface area (Å²) < 4.78 is 1.88. The molecule has 4 nitrogen and oxygen atoms in total. The maximum atomic E-state index is 6.44. The van der Waals surface area contributed by atoms with Crippen LogP contribution in [0.5, 0.6) is 0 Å². The van der Waals surface area contributed by atoms with Gasteiger partial charge >= 0.3 is 0 Å². The van der Waals surface area contributed by atoms with Gasteiger partial charge in [-0.2, -0.15) is 5.10 Å². The topological polar surface area (TPSA) is 47.1 Å². The number of nitrogens with zero attached hydrogens (tertiary/aromatic N) is 3. The second kappa shape index (κ2) is 7.59. The Balaban J connectivity index is 2.14. The van der Waals surface area contributed by atoms with E-state index in [1.807, 2.05) is 17.8 Å². The maximum absolute atomic E-state index is 6.44. The molecule has 114 valence electrons. The van der Waals surface area contributed by atoms with E-state index in [1.54, 1.807) is 0 Å². The zero-order valence-electron chi connectivity index (χ0n) is 12.7. The molecule has 2 aromatic rings. The van der Waals surface area contributed by atoms with Crippen LogP contribution in [0.2, 0.25) is 5.02 Å². The molecule has 1 heterocycles. The van der Waals surface area contributed by atoms with Crippen LogP contribution < -0.4 is 5.73 Å². The molecule has 2 N–H and O–H groups in total. The molecule has 0 bridgehead atoms. The van der Waals surface area contributed by atoms with Crippen LogP contribution in [0.25, 0.3) is 0 Å². The Morgan fingerprint density at radius 1 is 1.24 bits per heavy atom. The third-order valence-corrected chi connectivity index (χ3v) is 4.01. The van der Waals surface area contributed by atoms with Gasteiger partial charge in [0.1, 0.15) is 0 Å². The number of hydrogen-bond acceptors (Lipinski definition) is 3. The van der Waals surface area contributed by atoms with E-state index in [0.717, 1.165) is 42.5 Å². The first-order chi connectivity index (χ1) is 10.2. The first kappa shape index (κ1) is 16.0. The number of aryl methyl sites for hydroxylation is 2. The van der Waals surface area contributed by atoms with E-state index in [9.17, 15) is 0 Å². The van der Waals surface area contributed by atoms with Crippen LogP contribution in [-0.4, -0.2) is 27.8 Å². The Hall–Kier alpha value is -1.36. The first-order valence-electron chi connectivity index (χ1n) is 7.32. The van der Waals surface area contributed by atoms with Crippen LogP contribution in [0.4, 0.5) is 0 Å². The fourth-order valence-corrected chi connectivity index (χ4v) is 2.80. The van der Waals surface area contributed by atoms with Crippen LogP contribution in [0.1, 0.15) is 23.9 Å². The lowest BCUT2D eigenvalue weighted by atomic mass is 10.2. The second-order valence-electron chi connectivity index (χ2n) is 5.17. The van der Waals surface area contributed by atoms with Crippen LogP contribution >= 0.6 is 11.6 Å². The van der Waals surface area contributed by atoms with Gasteiger partial charge in [0.25, 0.3) is 0 Å². The predicted molar refractivity (Wildman–Crippen MR) is 87.2 cm³/mol. The highest BCUT2D eigenvalue weighted by atomic mass is 35.5. The monoisotopic (exact) mass is 306 g/mol. The molecule has 0 saturated heterocycles. The van der Waals surface area contributed by atoms with Gasteiger partial charge in [0.05, 0.1) is 16.4 Å². The van der Waals surface area contributed by atoms with Gasteiger partial charge in [-0.15, -0.1) is 0 Å². The number of halogens is 1. The van der Waals surface area contributed by atoms with E-state index in [4.69, 9.17) is 17.3 Å². The number of hydrogen-bond donors (Lipinski definition) is 1. The molecule has 0 unspecified atom stereocenters. The van der Waals surface area contributed by atoms with Gasteiger partial charge in [0, 0.05) is 33.2 Å². The average Bonchev–Trinajstić information content (AvgIpc) is 2.76. The highest BCUT2D eigenvalue weighted by Crippen LogP contribution is 2.22. The highest BCUT2D eigenvalue weighted by Gasteiger charge is 2.16. The molecule has 0 radical (unpaired) electrons. The normalized spacial score (nSPS) is 11.3. The molecular weight excluding hydrogens is 284 g/mol. The van der Waals surface area contributed by atoms with Gasteiger partial charge in [0.2, 0.25) is 0 Å². The molecule has 0 aliphatic rings. The Labute approximate surface area is 131 Å². The largest absolute Gasteiger partial charge is 0.329 e. The summed E-state index contributed by atoms with van der Waals surface area (Å²) in [5, 5.41) is 5.26. The Morgan fingerprint density at radius 3 is 2.52 bits per heavy atom. The van der Waals surface area contributed by atoms with Crippen molar-refractivity contribution in [2.45, 2.75) is 26.4 Å². The van der Waals surface area contributed by atoms with Crippen LogP contribution in [0.3, 0.4) is 0 Å². The van der Waals surface area contributed by atoms with Crippen LogP contribution in [-0.2, 0) is 26.6 Å². The smallest absolute Gasteiger partial charge is 0.0863 e. The zero-order valence-corrected chi connectivity index (χ0v) is 13.5. The lowest BCUT2D eigenvalue weighted by molar-refractivity contribution is 0.257. The maximum Gasteiger partial charge on any atom is 0.0863 e. The molecule has 0 aliphatic carbocycles. The molecule has 0 amide bonds. The number of benzene rings is 1. The van der Waals surface area contributed by atoms with E-state index >= 15 is 0 Å². The van der Waals surface area contributed by atoms with Crippen LogP contribution in [0, 0.1) is 0 Å². The van der Waals surface area contributed by atoms with Crippen molar-refractivity contribution in [1.82, 2.24) is 14.7 Å². The van der Waals surface area contributed by atoms with E-state index in [1.165, 1.54) is 5.56 Å². The van der Waals surface area contributed by atoms with E-state index in [0.29, 0.717) is 6.54 Å². The molecule has 0 spiro atoms. The molecule has 0 saturated carbocycles. The van der Waals surface area contributed by atoms with Crippen molar-refractivity contribution in [3.05, 3.63) is 52.3 Å². The SMILES string of the molecule is CCc1nn(C)c(CN(CCN)Cc2ccccc2)c1Cl. The molecule has 0 aliphatic heterocycles. The molecule has 1 aromatic carbocycles. The molecule has 0 atom stereocenters. The summed E-state index contributed by atoms with van der Waals surface area (Å²) in [5.41, 5.74) is 9.04. The van der Waals surface area contributed by atoms with Gasteiger partial charge in [-0.1, -0.05) is 48.9 Å². The summed E-state index contributed by atoms with van der Waals surface area (Å²) in [4.78, 5) is 2.30. The van der Waals surface area contributed by atoms with Crippen molar-refractivity contribution in [1.29, 1.82) is 0 Å². The molecular formula is C16H23ClN4. The average molecular weight is 307 g/mol. The zero-order chi connectivity index (χ0) is 15.2. The lowest BCUT2D eigenvalue weighted by Crippen LogP contribution is -2.29. The third-order valence-electron chi connectivity index (χ3n) is 3.57. The predicted octanol–water partition coefficient (Wildman–Crippen LogP) is 2.60. The summed E-state index contributed by atoms with van der Waals surface area (Å²) in [7, 11) is 1.95. The van der Waals surface area contributed by atoms with Crippen molar-refractivity contribution < 1.29 is 0 Å². The van der Waals surface area contributed by atoms with E-state index < -0.39 is 0 Å². The quantitative estimate of drug-likeness (QED) is 0.855. The Kier molecular flexibility index (Phi) is 5.79. The minimum Gasteiger partial charge on any atom is -0.329 e. The summed E-state index contributed by atoms with van der Waals surface area (Å²) in [5.74, 6) is 0. The third kappa shape index (κ3) is 4.06. The summed E-state index contributed by atoms with van der Waals surface area (Å²) in [6.07, 6.45) is 0.849. The van der Waals surface area contributed by atoms with Gasteiger partial charge in [-0.25, -0.2) is 0 Å². The highest BCUT2D eigenvalue weighted by molar-refractivity contribution is 6.31. The molecule has 1 aromatic heterocycles. The van der Waals surface area contributed by atoms with Crippen molar-refractivity contribution in [2.75, 3.05) is 13.1 Å². The summed E-state index contributed by atoms with van der Waals surface area (Å²) >= 11 is 6.44.